The summed E-state index contributed by atoms with van der Waals surface area (Å²) in [5.41, 5.74) is 5.65. The Morgan fingerprint density at radius 2 is 2.06 bits per heavy atom. The average Bonchev–Trinajstić information content (AvgIpc) is 2.26. The Kier molecular flexibility index (Phi) is 9.03. The molecule has 4 N–H and O–H groups in total. The lowest BCUT2D eigenvalue weighted by atomic mass is 10.2. The van der Waals surface area contributed by atoms with Crippen LogP contribution in [0.5, 0.6) is 0 Å². The minimum absolute atomic E-state index is 0.0551. The van der Waals surface area contributed by atoms with Gasteiger partial charge in [0.25, 0.3) is 0 Å². The topological polar surface area (TPSA) is 84.2 Å². The van der Waals surface area contributed by atoms with Gasteiger partial charge >= 0.3 is 0 Å². The van der Waals surface area contributed by atoms with Crippen LogP contribution < -0.4 is 16.4 Å². The van der Waals surface area contributed by atoms with Gasteiger partial charge in [-0.15, -0.1) is 0 Å². The second-order valence-corrected chi connectivity index (χ2v) is 4.37. The highest BCUT2D eigenvalue weighted by Gasteiger charge is 2.12. The molecule has 0 saturated carbocycles. The Hall–Kier alpha value is -0.750. The number of thioether (sulfide) groups is 1. The van der Waals surface area contributed by atoms with Gasteiger partial charge < -0.3 is 16.4 Å². The van der Waals surface area contributed by atoms with Gasteiger partial charge in [0.1, 0.15) is 0 Å². The molecule has 6 heteroatoms. The van der Waals surface area contributed by atoms with Crippen molar-refractivity contribution in [3.05, 3.63) is 0 Å². The highest BCUT2D eigenvalue weighted by molar-refractivity contribution is 7.98. The lowest BCUT2D eigenvalue weighted by Gasteiger charge is -2.11. The number of hydrogen-bond donors (Lipinski definition) is 3. The Bertz CT molecular complexity index is 224. The first kappa shape index (κ1) is 15.2. The molecule has 0 saturated heterocycles. The number of nitrogens with two attached hydrogens (primary N) is 1. The molecule has 0 aliphatic carbocycles. The van der Waals surface area contributed by atoms with Crippen molar-refractivity contribution in [3.63, 3.8) is 0 Å². The van der Waals surface area contributed by atoms with Gasteiger partial charge in [0.2, 0.25) is 11.8 Å². The van der Waals surface area contributed by atoms with Gasteiger partial charge in [0, 0.05) is 19.5 Å². The maximum Gasteiger partial charge on any atom is 0.236 e. The van der Waals surface area contributed by atoms with Gasteiger partial charge in [0.05, 0.1) is 6.04 Å². The molecule has 0 aromatic heterocycles. The molecule has 0 fully saturated rings. The molecule has 2 amide bonds. The third-order valence-electron chi connectivity index (χ3n) is 1.99. The first-order chi connectivity index (χ1) is 7.61. The van der Waals surface area contributed by atoms with Crippen LogP contribution in [-0.4, -0.2) is 43.0 Å². The van der Waals surface area contributed by atoms with E-state index >= 15 is 0 Å². The maximum atomic E-state index is 11.4. The molecule has 0 aromatic rings. The highest BCUT2D eigenvalue weighted by atomic mass is 32.2. The van der Waals surface area contributed by atoms with Gasteiger partial charge in [0.15, 0.2) is 0 Å². The van der Waals surface area contributed by atoms with E-state index in [1.165, 1.54) is 0 Å². The number of carbonyl (C=O) groups excluding carboxylic acids is 2. The van der Waals surface area contributed by atoms with Crippen molar-refractivity contribution in [2.24, 2.45) is 5.73 Å². The van der Waals surface area contributed by atoms with E-state index in [1.807, 2.05) is 13.2 Å². The van der Waals surface area contributed by atoms with Crippen LogP contribution in [0.2, 0.25) is 0 Å². The SMILES string of the molecule is CCNC(=O)CCNC(=O)[C@@H](N)CCSC. The molecule has 0 aliphatic heterocycles. The molecule has 94 valence electrons. The zero-order valence-electron chi connectivity index (χ0n) is 9.91. The van der Waals surface area contributed by atoms with E-state index in [4.69, 9.17) is 5.73 Å². The third-order valence-corrected chi connectivity index (χ3v) is 2.64. The van der Waals surface area contributed by atoms with Crippen molar-refractivity contribution in [2.45, 2.75) is 25.8 Å². The average molecular weight is 247 g/mol. The molecule has 1 atom stereocenters. The van der Waals surface area contributed by atoms with E-state index in [0.29, 0.717) is 25.9 Å². The summed E-state index contributed by atoms with van der Waals surface area (Å²) in [5.74, 6) is 0.629. The lowest BCUT2D eigenvalue weighted by molar-refractivity contribution is -0.123. The fraction of sp³-hybridized carbons (Fsp3) is 0.800. The summed E-state index contributed by atoms with van der Waals surface area (Å²) in [6, 6.07) is -0.471. The van der Waals surface area contributed by atoms with Crippen molar-refractivity contribution < 1.29 is 9.59 Å². The molecular formula is C10H21N3O2S. The first-order valence-corrected chi connectivity index (χ1v) is 6.80. The second kappa shape index (κ2) is 9.47. The Morgan fingerprint density at radius 1 is 1.38 bits per heavy atom. The second-order valence-electron chi connectivity index (χ2n) is 3.38. The number of hydrogen-bond acceptors (Lipinski definition) is 4. The third kappa shape index (κ3) is 7.53. The number of rotatable bonds is 8. The van der Waals surface area contributed by atoms with Crippen LogP contribution in [0, 0.1) is 0 Å². The fourth-order valence-corrected chi connectivity index (χ4v) is 1.58. The quantitative estimate of drug-likeness (QED) is 0.550. The summed E-state index contributed by atoms with van der Waals surface area (Å²) in [6.45, 7) is 2.81. The van der Waals surface area contributed by atoms with Crippen molar-refractivity contribution in [2.75, 3.05) is 25.1 Å². The van der Waals surface area contributed by atoms with Crippen LogP contribution in [0.4, 0.5) is 0 Å². The predicted octanol–water partition coefficient (Wildman–Crippen LogP) is -0.291. The maximum absolute atomic E-state index is 11.4. The summed E-state index contributed by atoms with van der Waals surface area (Å²) >= 11 is 1.66. The lowest BCUT2D eigenvalue weighted by Crippen LogP contribution is -2.42. The van der Waals surface area contributed by atoms with E-state index in [0.717, 1.165) is 5.75 Å². The van der Waals surface area contributed by atoms with Crippen molar-refractivity contribution in [1.82, 2.24) is 10.6 Å². The molecular weight excluding hydrogens is 226 g/mol. The molecule has 0 unspecified atom stereocenters. The van der Waals surface area contributed by atoms with Gasteiger partial charge in [-0.05, 0) is 25.4 Å². The summed E-state index contributed by atoms with van der Waals surface area (Å²) in [4.78, 5) is 22.5. The number of carbonyl (C=O) groups is 2. The van der Waals surface area contributed by atoms with E-state index in [1.54, 1.807) is 11.8 Å². The van der Waals surface area contributed by atoms with Crippen molar-refractivity contribution in [1.29, 1.82) is 0 Å². The fourth-order valence-electron chi connectivity index (χ4n) is 1.09. The molecule has 0 heterocycles. The smallest absolute Gasteiger partial charge is 0.236 e. The van der Waals surface area contributed by atoms with Gasteiger partial charge in [-0.25, -0.2) is 0 Å². The normalized spacial score (nSPS) is 11.9. The van der Waals surface area contributed by atoms with Crippen LogP contribution in [0.15, 0.2) is 0 Å². The van der Waals surface area contributed by atoms with Gasteiger partial charge in [-0.2, -0.15) is 11.8 Å². The summed E-state index contributed by atoms with van der Waals surface area (Å²) in [6.07, 6.45) is 2.93. The molecule has 16 heavy (non-hydrogen) atoms. The zero-order chi connectivity index (χ0) is 12.4. The van der Waals surface area contributed by atoms with Crippen LogP contribution in [-0.2, 0) is 9.59 Å². The first-order valence-electron chi connectivity index (χ1n) is 5.40. The molecule has 0 bridgehead atoms. The minimum atomic E-state index is -0.471. The summed E-state index contributed by atoms with van der Waals surface area (Å²) < 4.78 is 0. The predicted molar refractivity (Wildman–Crippen MR) is 67.3 cm³/mol. The standard InChI is InChI=1S/C10H21N3O2S/c1-3-12-9(14)4-6-13-10(15)8(11)5-7-16-2/h8H,3-7,11H2,1-2H3,(H,12,14)(H,13,15)/t8-/m0/s1. The Balaban J connectivity index is 3.60. The largest absolute Gasteiger partial charge is 0.356 e. The number of nitrogens with one attached hydrogen (secondary N) is 2. The van der Waals surface area contributed by atoms with Crippen LogP contribution in [0.1, 0.15) is 19.8 Å². The molecule has 0 aromatic carbocycles. The monoisotopic (exact) mass is 247 g/mol. The van der Waals surface area contributed by atoms with Crippen molar-refractivity contribution >= 4 is 23.6 Å². The van der Waals surface area contributed by atoms with Gasteiger partial charge in [-0.3, -0.25) is 9.59 Å². The molecule has 0 aliphatic rings. The molecule has 0 rings (SSSR count). The van der Waals surface area contributed by atoms with Crippen LogP contribution in [0.25, 0.3) is 0 Å². The van der Waals surface area contributed by atoms with E-state index in [9.17, 15) is 9.59 Å². The summed E-state index contributed by atoms with van der Waals surface area (Å²) in [5, 5.41) is 5.30. The van der Waals surface area contributed by atoms with E-state index in [-0.39, 0.29) is 11.8 Å². The van der Waals surface area contributed by atoms with Crippen LogP contribution >= 0.6 is 11.8 Å². The van der Waals surface area contributed by atoms with E-state index < -0.39 is 6.04 Å². The molecule has 0 radical (unpaired) electrons. The summed E-state index contributed by atoms with van der Waals surface area (Å²) in [7, 11) is 0. The molecule has 5 nitrogen and oxygen atoms in total. The molecule has 0 spiro atoms. The van der Waals surface area contributed by atoms with E-state index in [2.05, 4.69) is 10.6 Å². The minimum Gasteiger partial charge on any atom is -0.356 e. The Labute approximate surface area is 101 Å². The van der Waals surface area contributed by atoms with Crippen LogP contribution in [0.3, 0.4) is 0 Å². The van der Waals surface area contributed by atoms with Gasteiger partial charge in [-0.1, -0.05) is 0 Å². The Morgan fingerprint density at radius 3 is 2.62 bits per heavy atom. The zero-order valence-corrected chi connectivity index (χ0v) is 10.7. The van der Waals surface area contributed by atoms with Crippen molar-refractivity contribution in [3.8, 4) is 0 Å². The number of amides is 2. The highest BCUT2D eigenvalue weighted by Crippen LogP contribution is 1.98.